The molecule has 3 rings (SSSR count). The Morgan fingerprint density at radius 3 is 2.83 bits per heavy atom. The number of fused-ring (bicyclic) bond motifs is 1. The first-order valence-corrected chi connectivity index (χ1v) is 8.33. The number of hydrogen-bond acceptors (Lipinski definition) is 4. The van der Waals surface area contributed by atoms with Crippen molar-refractivity contribution in [1.82, 2.24) is 0 Å². The summed E-state index contributed by atoms with van der Waals surface area (Å²) in [5, 5.41) is 13.6. The molecular formula is C17H16BrN3O3. The molecule has 7 heteroatoms. The largest absolute Gasteiger partial charge is 0.359 e. The van der Waals surface area contributed by atoms with Gasteiger partial charge in [-0.25, -0.2) is 0 Å². The van der Waals surface area contributed by atoms with E-state index >= 15 is 0 Å². The number of para-hydroxylation sites is 1. The molecule has 0 saturated heterocycles. The molecule has 1 aliphatic rings. The smallest absolute Gasteiger partial charge is 0.270 e. The van der Waals surface area contributed by atoms with Crippen molar-refractivity contribution in [2.45, 2.75) is 19.4 Å². The molecular weight excluding hydrogens is 374 g/mol. The zero-order valence-electron chi connectivity index (χ0n) is 13.0. The Kier molecular flexibility index (Phi) is 4.53. The second-order valence-electron chi connectivity index (χ2n) is 5.78. The third-order valence-corrected chi connectivity index (χ3v) is 4.76. The van der Waals surface area contributed by atoms with Gasteiger partial charge in [-0.2, -0.15) is 0 Å². The lowest BCUT2D eigenvalue weighted by molar-refractivity contribution is -0.384. The molecule has 0 radical (unpaired) electrons. The molecule has 0 aromatic heterocycles. The molecule has 2 aromatic rings. The number of halogens is 1. The van der Waals surface area contributed by atoms with E-state index in [4.69, 9.17) is 0 Å². The standard InChI is InChI=1S/C17H16BrN3O3/c1-11-8-12-4-2-3-5-16(12)20(11)10-17(22)19-15-7-6-13(21(23)24)9-14(15)18/h2-7,9,11H,8,10H2,1H3,(H,19,22). The summed E-state index contributed by atoms with van der Waals surface area (Å²) >= 11 is 3.26. The second kappa shape index (κ2) is 6.60. The van der Waals surface area contributed by atoms with Gasteiger partial charge < -0.3 is 10.2 Å². The fourth-order valence-corrected chi connectivity index (χ4v) is 3.40. The van der Waals surface area contributed by atoms with Crippen molar-refractivity contribution in [3.8, 4) is 0 Å². The molecule has 24 heavy (non-hydrogen) atoms. The molecule has 1 heterocycles. The molecule has 0 fully saturated rings. The third-order valence-electron chi connectivity index (χ3n) is 4.10. The van der Waals surface area contributed by atoms with Crippen LogP contribution in [0.2, 0.25) is 0 Å². The van der Waals surface area contributed by atoms with Crippen LogP contribution in [0.3, 0.4) is 0 Å². The molecule has 1 N–H and O–H groups in total. The first-order chi connectivity index (χ1) is 11.5. The lowest BCUT2D eigenvalue weighted by Gasteiger charge is -2.24. The van der Waals surface area contributed by atoms with Gasteiger partial charge >= 0.3 is 0 Å². The summed E-state index contributed by atoms with van der Waals surface area (Å²) in [6.45, 7) is 2.33. The molecule has 0 aliphatic carbocycles. The maximum Gasteiger partial charge on any atom is 0.270 e. The van der Waals surface area contributed by atoms with Crippen LogP contribution in [0.5, 0.6) is 0 Å². The van der Waals surface area contributed by atoms with Crippen molar-refractivity contribution in [1.29, 1.82) is 0 Å². The van der Waals surface area contributed by atoms with Crippen molar-refractivity contribution in [3.63, 3.8) is 0 Å². The zero-order chi connectivity index (χ0) is 17.3. The van der Waals surface area contributed by atoms with Crippen molar-refractivity contribution in [2.75, 3.05) is 16.8 Å². The molecule has 1 unspecified atom stereocenters. The van der Waals surface area contributed by atoms with Gasteiger partial charge in [-0.05, 0) is 47.0 Å². The molecule has 1 amide bonds. The number of amides is 1. The fraction of sp³-hybridized carbons (Fsp3) is 0.235. The second-order valence-corrected chi connectivity index (χ2v) is 6.63. The minimum atomic E-state index is -0.473. The van der Waals surface area contributed by atoms with E-state index in [0.29, 0.717) is 10.2 Å². The Bertz CT molecular complexity index is 809. The number of nitrogens with one attached hydrogen (secondary N) is 1. The van der Waals surface area contributed by atoms with Crippen LogP contribution in [0.1, 0.15) is 12.5 Å². The number of nitro groups is 1. The average Bonchev–Trinajstić information content (AvgIpc) is 2.85. The van der Waals surface area contributed by atoms with Gasteiger partial charge in [0.05, 0.1) is 17.2 Å². The maximum atomic E-state index is 12.4. The highest BCUT2D eigenvalue weighted by atomic mass is 79.9. The van der Waals surface area contributed by atoms with Crippen LogP contribution in [-0.2, 0) is 11.2 Å². The zero-order valence-corrected chi connectivity index (χ0v) is 14.6. The van der Waals surface area contributed by atoms with E-state index in [-0.39, 0.29) is 24.2 Å². The highest BCUT2D eigenvalue weighted by Crippen LogP contribution is 2.32. The quantitative estimate of drug-likeness (QED) is 0.638. The molecule has 2 aromatic carbocycles. The van der Waals surface area contributed by atoms with E-state index in [0.717, 1.165) is 12.1 Å². The van der Waals surface area contributed by atoms with Crippen molar-refractivity contribution < 1.29 is 9.72 Å². The Labute approximate surface area is 147 Å². The van der Waals surface area contributed by atoms with E-state index in [2.05, 4.69) is 39.1 Å². The molecule has 0 bridgehead atoms. The van der Waals surface area contributed by atoms with Gasteiger partial charge in [-0.1, -0.05) is 18.2 Å². The topological polar surface area (TPSA) is 75.5 Å². The number of non-ortho nitro benzene ring substituents is 1. The van der Waals surface area contributed by atoms with Gasteiger partial charge in [0.2, 0.25) is 5.91 Å². The predicted molar refractivity (Wildman–Crippen MR) is 96.4 cm³/mol. The first kappa shape index (κ1) is 16.4. The summed E-state index contributed by atoms with van der Waals surface area (Å²) in [5.41, 5.74) is 2.82. The number of benzene rings is 2. The van der Waals surface area contributed by atoms with Gasteiger partial charge in [0.25, 0.3) is 5.69 Å². The Morgan fingerprint density at radius 1 is 1.38 bits per heavy atom. The normalized spacial score (nSPS) is 15.9. The monoisotopic (exact) mass is 389 g/mol. The lowest BCUT2D eigenvalue weighted by Crippen LogP contribution is -2.37. The first-order valence-electron chi connectivity index (χ1n) is 7.54. The number of hydrogen-bond donors (Lipinski definition) is 1. The van der Waals surface area contributed by atoms with Gasteiger partial charge in [0, 0.05) is 28.3 Å². The van der Waals surface area contributed by atoms with Crippen LogP contribution in [0.15, 0.2) is 46.9 Å². The van der Waals surface area contributed by atoms with Crippen LogP contribution in [-0.4, -0.2) is 23.4 Å². The van der Waals surface area contributed by atoms with Gasteiger partial charge in [0.15, 0.2) is 0 Å². The molecule has 1 atom stereocenters. The number of nitrogens with zero attached hydrogens (tertiary/aromatic N) is 2. The van der Waals surface area contributed by atoms with E-state index in [1.165, 1.54) is 23.8 Å². The SMILES string of the molecule is CC1Cc2ccccc2N1CC(=O)Nc1ccc([N+](=O)[O-])cc1Br. The van der Waals surface area contributed by atoms with Crippen LogP contribution in [0.4, 0.5) is 17.1 Å². The van der Waals surface area contributed by atoms with Gasteiger partial charge in [-0.3, -0.25) is 14.9 Å². The van der Waals surface area contributed by atoms with Crippen LogP contribution in [0.25, 0.3) is 0 Å². The summed E-state index contributed by atoms with van der Waals surface area (Å²) < 4.78 is 0.486. The van der Waals surface area contributed by atoms with Crippen molar-refractivity contribution in [3.05, 3.63) is 62.6 Å². The summed E-state index contributed by atoms with van der Waals surface area (Å²) in [7, 11) is 0. The highest BCUT2D eigenvalue weighted by Gasteiger charge is 2.27. The summed E-state index contributed by atoms with van der Waals surface area (Å²) in [6, 6.07) is 12.6. The fourth-order valence-electron chi connectivity index (χ4n) is 2.93. The summed E-state index contributed by atoms with van der Waals surface area (Å²) in [5.74, 6) is -0.159. The molecule has 124 valence electrons. The van der Waals surface area contributed by atoms with E-state index in [9.17, 15) is 14.9 Å². The average molecular weight is 390 g/mol. The summed E-state index contributed by atoms with van der Waals surface area (Å²) in [4.78, 5) is 24.7. The highest BCUT2D eigenvalue weighted by molar-refractivity contribution is 9.10. The van der Waals surface area contributed by atoms with Gasteiger partial charge in [-0.15, -0.1) is 0 Å². The Balaban J connectivity index is 1.71. The maximum absolute atomic E-state index is 12.4. The number of anilines is 2. The van der Waals surface area contributed by atoms with Crippen molar-refractivity contribution >= 4 is 38.9 Å². The lowest BCUT2D eigenvalue weighted by atomic mass is 10.1. The third kappa shape index (κ3) is 3.26. The number of rotatable bonds is 4. The minimum Gasteiger partial charge on any atom is -0.359 e. The summed E-state index contributed by atoms with van der Waals surface area (Å²) in [6.07, 6.45) is 0.921. The molecule has 6 nitrogen and oxygen atoms in total. The van der Waals surface area contributed by atoms with Gasteiger partial charge in [0.1, 0.15) is 0 Å². The number of carbonyl (C=O) groups excluding carboxylic acids is 1. The van der Waals surface area contributed by atoms with E-state index < -0.39 is 4.92 Å². The van der Waals surface area contributed by atoms with Crippen LogP contribution < -0.4 is 10.2 Å². The number of carbonyl (C=O) groups is 1. The molecule has 0 saturated carbocycles. The Hall–Kier alpha value is -2.41. The molecule has 1 aliphatic heterocycles. The van der Waals surface area contributed by atoms with Crippen LogP contribution >= 0.6 is 15.9 Å². The van der Waals surface area contributed by atoms with Crippen LogP contribution in [0, 0.1) is 10.1 Å². The van der Waals surface area contributed by atoms with E-state index in [1.54, 1.807) is 0 Å². The minimum absolute atomic E-state index is 0.0260. The number of nitro benzene ring substituents is 1. The predicted octanol–water partition coefficient (Wildman–Crippen LogP) is 3.75. The van der Waals surface area contributed by atoms with Crippen molar-refractivity contribution in [2.24, 2.45) is 0 Å². The Morgan fingerprint density at radius 2 is 2.12 bits per heavy atom. The van der Waals surface area contributed by atoms with E-state index in [1.807, 2.05) is 18.2 Å². The molecule has 0 spiro atoms.